The second-order valence-corrected chi connectivity index (χ2v) is 7.01. The third-order valence-electron chi connectivity index (χ3n) is 3.47. The summed E-state index contributed by atoms with van der Waals surface area (Å²) in [6, 6.07) is 14.0. The molecule has 4 nitrogen and oxygen atoms in total. The van der Waals surface area contributed by atoms with E-state index in [1.165, 1.54) is 5.01 Å². The second kappa shape index (κ2) is 7.05. The van der Waals surface area contributed by atoms with Crippen molar-refractivity contribution in [3.8, 4) is 0 Å². The molecule has 24 heavy (non-hydrogen) atoms. The number of rotatable bonds is 2. The molecule has 0 spiro atoms. The van der Waals surface area contributed by atoms with Gasteiger partial charge in [-0.3, -0.25) is 15.0 Å². The Morgan fingerprint density at radius 1 is 1.04 bits per heavy atom. The molecule has 0 fully saturated rings. The number of hydrogen-bond donors (Lipinski definition) is 1. The summed E-state index contributed by atoms with van der Waals surface area (Å²) in [5, 5.41) is 1.68. The van der Waals surface area contributed by atoms with Crippen LogP contribution in [0.1, 0.15) is 47.1 Å². The van der Waals surface area contributed by atoms with Crippen LogP contribution in [0.5, 0.6) is 0 Å². The van der Waals surface area contributed by atoms with E-state index in [9.17, 15) is 9.59 Å². The lowest BCUT2D eigenvalue weighted by molar-refractivity contribution is 0.0358. The normalized spacial score (nSPS) is 11.0. The molecule has 2 rings (SSSR count). The third-order valence-corrected chi connectivity index (χ3v) is 3.80. The molecule has 1 N–H and O–H groups in total. The predicted octanol–water partition coefficient (Wildman–Crippen LogP) is 4.23. The van der Waals surface area contributed by atoms with Gasteiger partial charge in [-0.2, -0.15) is 0 Å². The molecule has 0 radical (unpaired) electrons. The first-order chi connectivity index (χ1) is 11.2. The molecule has 0 atom stereocenters. The van der Waals surface area contributed by atoms with E-state index >= 15 is 0 Å². The van der Waals surface area contributed by atoms with E-state index in [2.05, 4.69) is 5.43 Å². The van der Waals surface area contributed by atoms with E-state index in [-0.39, 0.29) is 5.91 Å². The molecular weight excluding hydrogens is 324 g/mol. The van der Waals surface area contributed by atoms with Gasteiger partial charge in [-0.25, -0.2) is 5.01 Å². The van der Waals surface area contributed by atoms with Crippen LogP contribution in [0.4, 0.5) is 0 Å². The lowest BCUT2D eigenvalue weighted by Gasteiger charge is -2.35. The fraction of sp³-hybridized carbons (Fsp3) is 0.263. The molecule has 0 saturated carbocycles. The van der Waals surface area contributed by atoms with Crippen LogP contribution in [-0.2, 0) is 0 Å². The van der Waals surface area contributed by atoms with Crippen LogP contribution >= 0.6 is 11.6 Å². The topological polar surface area (TPSA) is 49.4 Å². The zero-order valence-corrected chi connectivity index (χ0v) is 15.0. The first-order valence-electron chi connectivity index (χ1n) is 7.67. The van der Waals surface area contributed by atoms with Gasteiger partial charge in [0, 0.05) is 5.56 Å². The average Bonchev–Trinajstić information content (AvgIpc) is 2.53. The summed E-state index contributed by atoms with van der Waals surface area (Å²) in [5.74, 6) is -0.692. The number of hydrogen-bond acceptors (Lipinski definition) is 2. The fourth-order valence-corrected chi connectivity index (χ4v) is 2.41. The number of halogens is 1. The molecule has 2 aromatic rings. The van der Waals surface area contributed by atoms with Crippen LogP contribution in [0.25, 0.3) is 0 Å². The molecule has 0 aliphatic heterocycles. The van der Waals surface area contributed by atoms with Crippen molar-refractivity contribution in [2.24, 2.45) is 0 Å². The largest absolute Gasteiger partial charge is 0.272 e. The zero-order chi connectivity index (χ0) is 17.9. The number of nitrogens with one attached hydrogen (secondary N) is 1. The number of benzene rings is 2. The predicted molar refractivity (Wildman–Crippen MR) is 96.0 cm³/mol. The molecule has 0 aliphatic rings. The summed E-state index contributed by atoms with van der Waals surface area (Å²) < 4.78 is 0. The SMILES string of the molecule is Cc1ccc(Cl)c(C(=O)NN(C(=O)c2ccccc2)C(C)(C)C)c1. The minimum atomic E-state index is -0.598. The second-order valence-electron chi connectivity index (χ2n) is 6.60. The van der Waals surface area contributed by atoms with E-state index in [1.807, 2.05) is 39.8 Å². The Morgan fingerprint density at radius 2 is 1.67 bits per heavy atom. The Kier molecular flexibility index (Phi) is 5.30. The van der Waals surface area contributed by atoms with Gasteiger partial charge in [0.05, 0.1) is 16.1 Å². The van der Waals surface area contributed by atoms with E-state index in [0.717, 1.165) is 5.56 Å². The van der Waals surface area contributed by atoms with Crippen molar-refractivity contribution in [2.45, 2.75) is 33.2 Å². The summed E-state index contributed by atoms with van der Waals surface area (Å²) in [5.41, 5.74) is 3.86. The molecule has 0 bridgehead atoms. The first-order valence-corrected chi connectivity index (χ1v) is 8.04. The molecule has 0 saturated heterocycles. The maximum absolute atomic E-state index is 12.8. The molecule has 0 unspecified atom stereocenters. The smallest absolute Gasteiger partial charge is 0.267 e. The lowest BCUT2D eigenvalue weighted by Crippen LogP contribution is -2.55. The molecule has 0 aromatic heterocycles. The maximum atomic E-state index is 12.8. The van der Waals surface area contributed by atoms with Gasteiger partial charge in [-0.05, 0) is 52.0 Å². The van der Waals surface area contributed by atoms with Gasteiger partial charge in [0.1, 0.15) is 0 Å². The van der Waals surface area contributed by atoms with Crippen LogP contribution in [0.15, 0.2) is 48.5 Å². The van der Waals surface area contributed by atoms with Crippen molar-refractivity contribution < 1.29 is 9.59 Å². The highest BCUT2D eigenvalue weighted by molar-refractivity contribution is 6.33. The van der Waals surface area contributed by atoms with Gasteiger partial charge in [0.2, 0.25) is 0 Å². The van der Waals surface area contributed by atoms with Gasteiger partial charge in [-0.1, -0.05) is 41.4 Å². The Morgan fingerprint density at radius 3 is 2.25 bits per heavy atom. The summed E-state index contributed by atoms with van der Waals surface area (Å²) >= 11 is 6.12. The maximum Gasteiger partial charge on any atom is 0.272 e. The van der Waals surface area contributed by atoms with Crippen molar-refractivity contribution in [3.63, 3.8) is 0 Å². The summed E-state index contributed by atoms with van der Waals surface area (Å²) in [7, 11) is 0. The third kappa shape index (κ3) is 4.15. The van der Waals surface area contributed by atoms with Crippen molar-refractivity contribution >= 4 is 23.4 Å². The average molecular weight is 345 g/mol. The minimum Gasteiger partial charge on any atom is -0.267 e. The molecule has 0 aliphatic carbocycles. The van der Waals surface area contributed by atoms with Gasteiger partial charge in [-0.15, -0.1) is 0 Å². The zero-order valence-electron chi connectivity index (χ0n) is 14.3. The number of carbonyl (C=O) groups is 2. The van der Waals surface area contributed by atoms with Crippen LogP contribution in [0.2, 0.25) is 5.02 Å². The van der Waals surface area contributed by atoms with E-state index < -0.39 is 11.4 Å². The fourth-order valence-electron chi connectivity index (χ4n) is 2.21. The quantitative estimate of drug-likeness (QED) is 0.828. The monoisotopic (exact) mass is 344 g/mol. The van der Waals surface area contributed by atoms with Crippen LogP contribution < -0.4 is 5.43 Å². The molecule has 5 heteroatoms. The van der Waals surface area contributed by atoms with Crippen molar-refractivity contribution in [1.29, 1.82) is 0 Å². The van der Waals surface area contributed by atoms with E-state index in [0.29, 0.717) is 16.1 Å². The molecular formula is C19H21ClN2O2. The van der Waals surface area contributed by atoms with Crippen LogP contribution in [0.3, 0.4) is 0 Å². The number of carbonyl (C=O) groups excluding carboxylic acids is 2. The van der Waals surface area contributed by atoms with Gasteiger partial charge in [0.25, 0.3) is 11.8 Å². The number of aryl methyl sites for hydroxylation is 1. The van der Waals surface area contributed by atoms with Crippen molar-refractivity contribution in [3.05, 3.63) is 70.2 Å². The Bertz CT molecular complexity index is 752. The van der Waals surface area contributed by atoms with Crippen LogP contribution in [-0.4, -0.2) is 22.4 Å². The molecule has 126 valence electrons. The molecule has 2 aromatic carbocycles. The highest BCUT2D eigenvalue weighted by atomic mass is 35.5. The van der Waals surface area contributed by atoms with E-state index in [4.69, 9.17) is 11.6 Å². The van der Waals surface area contributed by atoms with Gasteiger partial charge < -0.3 is 0 Å². The number of amides is 2. The number of nitrogens with zero attached hydrogens (tertiary/aromatic N) is 1. The van der Waals surface area contributed by atoms with Crippen molar-refractivity contribution in [2.75, 3.05) is 0 Å². The number of hydrazine groups is 1. The van der Waals surface area contributed by atoms with Gasteiger partial charge in [0.15, 0.2) is 0 Å². The standard InChI is InChI=1S/C19H21ClN2O2/c1-13-10-11-16(20)15(12-13)17(23)21-22(19(2,3)4)18(24)14-8-6-5-7-9-14/h5-12H,1-4H3,(H,21,23). The highest BCUT2D eigenvalue weighted by Gasteiger charge is 2.30. The minimum absolute atomic E-state index is 0.278. The summed E-state index contributed by atoms with van der Waals surface area (Å²) in [4.78, 5) is 25.4. The van der Waals surface area contributed by atoms with Crippen molar-refractivity contribution in [1.82, 2.24) is 10.4 Å². The Balaban J connectivity index is 2.32. The van der Waals surface area contributed by atoms with E-state index in [1.54, 1.807) is 36.4 Å². The van der Waals surface area contributed by atoms with Crippen LogP contribution in [0, 0.1) is 6.92 Å². The Labute approximate surface area is 147 Å². The summed E-state index contributed by atoms with van der Waals surface area (Å²) in [6.45, 7) is 7.44. The summed E-state index contributed by atoms with van der Waals surface area (Å²) in [6.07, 6.45) is 0. The Hall–Kier alpha value is -2.33. The molecule has 0 heterocycles. The first kappa shape index (κ1) is 18.0. The lowest BCUT2D eigenvalue weighted by atomic mass is 10.1. The van der Waals surface area contributed by atoms with Gasteiger partial charge >= 0.3 is 0 Å². The molecule has 2 amide bonds. The highest BCUT2D eigenvalue weighted by Crippen LogP contribution is 2.20.